The highest BCUT2D eigenvalue weighted by Crippen LogP contribution is 2.50. The summed E-state index contributed by atoms with van der Waals surface area (Å²) in [4.78, 5) is 11.8. The largest absolute Gasteiger partial charge is 0.320 e. The van der Waals surface area contributed by atoms with Gasteiger partial charge < -0.3 is 14.0 Å². The van der Waals surface area contributed by atoms with Gasteiger partial charge in [0.05, 0.1) is 6.42 Å². The molecule has 1 aromatic heterocycles. The van der Waals surface area contributed by atoms with Gasteiger partial charge >= 0.3 is 0 Å². The minimum Gasteiger partial charge on any atom is -0.320 e. The normalized spacial score (nSPS) is 29.6. The lowest BCUT2D eigenvalue weighted by Gasteiger charge is -2.59. The summed E-state index contributed by atoms with van der Waals surface area (Å²) < 4.78 is 12.6. The number of unbranched alkanes of at least 4 members (excludes halogenated alkanes) is 1. The van der Waals surface area contributed by atoms with Crippen molar-refractivity contribution in [2.45, 2.75) is 51.2 Å². The lowest BCUT2D eigenvalue weighted by Crippen LogP contribution is -2.69. The quantitative estimate of drug-likeness (QED) is 0.779. The first-order chi connectivity index (χ1) is 8.21. The van der Waals surface area contributed by atoms with Crippen LogP contribution < -0.4 is 5.56 Å². The van der Waals surface area contributed by atoms with Crippen LogP contribution in [-0.2, 0) is 22.4 Å². The van der Waals surface area contributed by atoms with Gasteiger partial charge in [-0.05, 0) is 18.1 Å². The molecule has 0 saturated carbocycles. The van der Waals surface area contributed by atoms with Crippen LogP contribution in [0.15, 0.2) is 23.1 Å². The molecule has 4 heterocycles. The molecule has 17 heavy (non-hydrogen) atoms. The number of rotatable bonds is 5. The van der Waals surface area contributed by atoms with E-state index in [1.807, 2.05) is 12.3 Å². The van der Waals surface area contributed by atoms with Crippen LogP contribution in [0.25, 0.3) is 0 Å². The summed E-state index contributed by atoms with van der Waals surface area (Å²) in [6.07, 6.45) is 5.69. The van der Waals surface area contributed by atoms with Crippen molar-refractivity contribution in [2.24, 2.45) is 0 Å². The number of aromatic nitrogens is 1. The zero-order valence-electron chi connectivity index (χ0n) is 10.0. The third-order valence-electron chi connectivity index (χ3n) is 3.46. The van der Waals surface area contributed by atoms with Gasteiger partial charge in [0, 0.05) is 25.2 Å². The van der Waals surface area contributed by atoms with Crippen LogP contribution in [0.1, 0.15) is 31.7 Å². The Morgan fingerprint density at radius 1 is 1.53 bits per heavy atom. The monoisotopic (exact) mass is 235 g/mol. The van der Waals surface area contributed by atoms with E-state index in [2.05, 4.69) is 6.92 Å². The highest BCUT2D eigenvalue weighted by molar-refractivity contribution is 5.16. The smallest absolute Gasteiger partial charge is 0.250 e. The van der Waals surface area contributed by atoms with Crippen LogP contribution in [0.3, 0.4) is 0 Å². The van der Waals surface area contributed by atoms with Gasteiger partial charge in [0.25, 0.3) is 5.56 Å². The van der Waals surface area contributed by atoms with Gasteiger partial charge in [-0.2, -0.15) is 0 Å². The predicted octanol–water partition coefficient (Wildman–Crippen LogP) is 1.66. The van der Waals surface area contributed by atoms with Gasteiger partial charge in [0.2, 0.25) is 0 Å². The molecular weight excluding hydrogens is 218 g/mol. The molecule has 0 atom stereocenters. The highest BCUT2D eigenvalue weighted by Gasteiger charge is 2.60. The summed E-state index contributed by atoms with van der Waals surface area (Å²) in [5.41, 5.74) is 1.07. The molecule has 3 fully saturated rings. The average molecular weight is 235 g/mol. The fourth-order valence-corrected chi connectivity index (χ4v) is 2.36. The SMILES string of the molecule is CCCCn1ccc(CC23CC(O2)O3)cc1=O. The van der Waals surface area contributed by atoms with E-state index in [4.69, 9.17) is 9.47 Å². The molecule has 3 aliphatic rings. The first kappa shape index (κ1) is 11.0. The Kier molecular flexibility index (Phi) is 2.56. The van der Waals surface area contributed by atoms with Gasteiger partial charge in [-0.25, -0.2) is 0 Å². The van der Waals surface area contributed by atoms with Crippen LogP contribution in [0.4, 0.5) is 0 Å². The van der Waals surface area contributed by atoms with Crippen LogP contribution in [0.2, 0.25) is 0 Å². The Bertz CT molecular complexity index is 463. The van der Waals surface area contributed by atoms with Gasteiger partial charge in [-0.15, -0.1) is 0 Å². The highest BCUT2D eigenvalue weighted by atomic mass is 16.9. The summed E-state index contributed by atoms with van der Waals surface area (Å²) in [5.74, 6) is -0.396. The molecule has 3 saturated heterocycles. The van der Waals surface area contributed by atoms with E-state index in [0.29, 0.717) is 6.42 Å². The van der Waals surface area contributed by atoms with E-state index in [0.717, 1.165) is 31.4 Å². The second-order valence-corrected chi connectivity index (χ2v) is 4.88. The van der Waals surface area contributed by atoms with Crippen molar-refractivity contribution in [3.63, 3.8) is 0 Å². The summed E-state index contributed by atoms with van der Waals surface area (Å²) >= 11 is 0. The topological polar surface area (TPSA) is 40.5 Å². The minimum atomic E-state index is -0.396. The van der Waals surface area contributed by atoms with E-state index in [1.165, 1.54) is 0 Å². The van der Waals surface area contributed by atoms with E-state index in [1.54, 1.807) is 10.6 Å². The predicted molar refractivity (Wildman–Crippen MR) is 62.6 cm³/mol. The molecule has 0 aliphatic carbocycles. The molecule has 0 radical (unpaired) electrons. The maximum absolute atomic E-state index is 11.8. The Labute approximate surface area is 100 Å². The standard InChI is InChI=1S/C13H17NO3/c1-2-3-5-14-6-4-10(7-11(14)15)8-13-9-12(16-13)17-13/h4,6-7,12H,2-3,5,8-9H2,1H3. The van der Waals surface area contributed by atoms with Gasteiger partial charge in [0.15, 0.2) is 12.1 Å². The van der Waals surface area contributed by atoms with Crippen molar-refractivity contribution in [1.29, 1.82) is 0 Å². The zero-order chi connectivity index (χ0) is 11.9. The molecular formula is C13H17NO3. The minimum absolute atomic E-state index is 0.0277. The number of hydrogen-bond donors (Lipinski definition) is 0. The lowest BCUT2D eigenvalue weighted by atomic mass is 9.93. The van der Waals surface area contributed by atoms with Crippen LogP contribution in [0, 0.1) is 0 Å². The van der Waals surface area contributed by atoms with Crippen molar-refractivity contribution < 1.29 is 9.47 Å². The summed E-state index contributed by atoms with van der Waals surface area (Å²) in [7, 11) is 0. The summed E-state index contributed by atoms with van der Waals surface area (Å²) in [6.45, 7) is 2.92. The summed E-state index contributed by atoms with van der Waals surface area (Å²) in [6, 6.07) is 3.69. The maximum Gasteiger partial charge on any atom is 0.250 e. The Morgan fingerprint density at radius 3 is 2.82 bits per heavy atom. The second-order valence-electron chi connectivity index (χ2n) is 4.88. The molecule has 4 rings (SSSR count). The Balaban J connectivity index is 1.69. The van der Waals surface area contributed by atoms with E-state index in [9.17, 15) is 4.79 Å². The molecule has 0 spiro atoms. The molecule has 0 unspecified atom stereocenters. The zero-order valence-corrected chi connectivity index (χ0v) is 10.0. The van der Waals surface area contributed by atoms with Crippen LogP contribution >= 0.6 is 0 Å². The van der Waals surface area contributed by atoms with Crippen molar-refractivity contribution in [3.8, 4) is 0 Å². The summed E-state index contributed by atoms with van der Waals surface area (Å²) in [5, 5.41) is 0. The maximum atomic E-state index is 11.8. The third kappa shape index (κ3) is 1.91. The molecule has 0 N–H and O–H groups in total. The molecule has 3 aliphatic heterocycles. The average Bonchev–Trinajstić information content (AvgIpc) is 2.20. The molecule has 92 valence electrons. The molecule has 2 bridgehead atoms. The van der Waals surface area contributed by atoms with Crippen LogP contribution in [0.5, 0.6) is 0 Å². The van der Waals surface area contributed by atoms with Gasteiger partial charge in [-0.3, -0.25) is 4.79 Å². The van der Waals surface area contributed by atoms with E-state index in [-0.39, 0.29) is 11.8 Å². The number of ether oxygens (including phenoxy) is 2. The lowest BCUT2D eigenvalue weighted by molar-refractivity contribution is -0.552. The first-order valence-corrected chi connectivity index (χ1v) is 6.26. The molecule has 0 aromatic carbocycles. The van der Waals surface area contributed by atoms with E-state index < -0.39 is 5.79 Å². The number of nitrogens with zero attached hydrogens (tertiary/aromatic N) is 1. The van der Waals surface area contributed by atoms with E-state index >= 15 is 0 Å². The van der Waals surface area contributed by atoms with Crippen LogP contribution in [-0.4, -0.2) is 16.6 Å². The molecule has 4 nitrogen and oxygen atoms in total. The van der Waals surface area contributed by atoms with Crippen molar-refractivity contribution >= 4 is 0 Å². The van der Waals surface area contributed by atoms with Crippen molar-refractivity contribution in [1.82, 2.24) is 4.57 Å². The first-order valence-electron chi connectivity index (χ1n) is 6.26. The van der Waals surface area contributed by atoms with Gasteiger partial charge in [-0.1, -0.05) is 13.3 Å². The van der Waals surface area contributed by atoms with Crippen molar-refractivity contribution in [3.05, 3.63) is 34.2 Å². The van der Waals surface area contributed by atoms with Gasteiger partial charge in [0.1, 0.15) is 0 Å². The van der Waals surface area contributed by atoms with Crippen molar-refractivity contribution in [2.75, 3.05) is 0 Å². The molecule has 1 aromatic rings. The fourth-order valence-electron chi connectivity index (χ4n) is 2.36. The third-order valence-corrected chi connectivity index (χ3v) is 3.46. The Hall–Kier alpha value is -1.13. The number of pyridine rings is 1. The second kappa shape index (κ2) is 3.96. The Morgan fingerprint density at radius 2 is 2.29 bits per heavy atom. The number of aryl methyl sites for hydroxylation is 1. The number of hydrogen-bond acceptors (Lipinski definition) is 3. The fraction of sp³-hybridized carbons (Fsp3) is 0.615. The molecule has 0 amide bonds. The molecule has 4 heteroatoms.